The number of carbonyl (C=O) groups excluding carboxylic acids is 1. The van der Waals surface area contributed by atoms with E-state index in [4.69, 9.17) is 5.11 Å². The fourth-order valence-corrected chi connectivity index (χ4v) is 2.91. The molecule has 1 saturated carbocycles. The highest BCUT2D eigenvalue weighted by Gasteiger charge is 2.29. The maximum Gasteiger partial charge on any atom is 0.317 e. The zero-order valence-electron chi connectivity index (χ0n) is 10.7. The Kier molecular flexibility index (Phi) is 4.44. The van der Waals surface area contributed by atoms with Crippen molar-refractivity contribution in [3.8, 4) is 0 Å². The number of nitrogens with zero attached hydrogens (tertiary/aromatic N) is 1. The van der Waals surface area contributed by atoms with Crippen molar-refractivity contribution in [3.05, 3.63) is 0 Å². The Balaban J connectivity index is 1.81. The predicted molar refractivity (Wildman–Crippen MR) is 67.3 cm³/mol. The number of carboxylic acid groups (broad SMARTS) is 1. The monoisotopic (exact) mass is 254 g/mol. The average Bonchev–Trinajstić information content (AvgIpc) is 2.40. The Labute approximate surface area is 108 Å². The fraction of sp³-hybridized carbons (Fsp3) is 0.846. The lowest BCUT2D eigenvalue weighted by molar-refractivity contribution is -0.143. The van der Waals surface area contributed by atoms with Gasteiger partial charge in [0.05, 0.1) is 5.92 Å². The Morgan fingerprint density at radius 1 is 1.06 bits per heavy atom. The highest BCUT2D eigenvalue weighted by atomic mass is 16.4. The van der Waals surface area contributed by atoms with Gasteiger partial charge in [-0.3, -0.25) is 4.79 Å². The normalized spacial score (nSPS) is 28.8. The van der Waals surface area contributed by atoms with Crippen molar-refractivity contribution in [3.63, 3.8) is 0 Å². The highest BCUT2D eigenvalue weighted by molar-refractivity contribution is 5.75. The number of hydrogen-bond acceptors (Lipinski definition) is 2. The molecule has 1 aliphatic carbocycles. The Bertz CT molecular complexity index is 313. The first-order valence-electron chi connectivity index (χ1n) is 6.95. The number of urea groups is 1. The number of hydrogen-bond donors (Lipinski definition) is 2. The lowest BCUT2D eigenvalue weighted by atomic mass is 9.86. The quantitative estimate of drug-likeness (QED) is 0.789. The van der Waals surface area contributed by atoms with Gasteiger partial charge < -0.3 is 15.3 Å². The van der Waals surface area contributed by atoms with Gasteiger partial charge in [-0.1, -0.05) is 6.42 Å². The molecule has 0 bridgehead atoms. The minimum atomic E-state index is -0.730. The lowest BCUT2D eigenvalue weighted by Gasteiger charge is -2.32. The van der Waals surface area contributed by atoms with Gasteiger partial charge in [-0.15, -0.1) is 0 Å². The molecule has 5 heteroatoms. The van der Waals surface area contributed by atoms with Crippen molar-refractivity contribution in [2.45, 2.75) is 51.0 Å². The summed E-state index contributed by atoms with van der Waals surface area (Å²) in [4.78, 5) is 24.8. The minimum Gasteiger partial charge on any atom is -0.481 e. The van der Waals surface area contributed by atoms with E-state index in [-0.39, 0.29) is 18.0 Å². The first-order chi connectivity index (χ1) is 8.66. The third kappa shape index (κ3) is 3.37. The van der Waals surface area contributed by atoms with Gasteiger partial charge in [0.2, 0.25) is 0 Å². The summed E-state index contributed by atoms with van der Waals surface area (Å²) in [6.45, 7) is 1.67. The van der Waals surface area contributed by atoms with Crippen molar-refractivity contribution in [1.29, 1.82) is 0 Å². The van der Waals surface area contributed by atoms with Crippen LogP contribution in [0.15, 0.2) is 0 Å². The molecule has 2 atom stereocenters. The van der Waals surface area contributed by atoms with E-state index >= 15 is 0 Å². The number of rotatable bonds is 2. The molecule has 1 heterocycles. The van der Waals surface area contributed by atoms with Gasteiger partial charge in [-0.25, -0.2) is 4.79 Å². The molecule has 102 valence electrons. The maximum absolute atomic E-state index is 12.0. The third-order valence-corrected chi connectivity index (χ3v) is 3.99. The van der Waals surface area contributed by atoms with E-state index in [1.807, 2.05) is 4.90 Å². The zero-order chi connectivity index (χ0) is 13.0. The van der Waals surface area contributed by atoms with E-state index in [1.54, 1.807) is 0 Å². The van der Waals surface area contributed by atoms with Crippen LogP contribution in [-0.4, -0.2) is 41.1 Å². The summed E-state index contributed by atoms with van der Waals surface area (Å²) in [5.74, 6) is -1.02. The molecule has 0 aromatic heterocycles. The van der Waals surface area contributed by atoms with E-state index in [9.17, 15) is 9.59 Å². The molecule has 2 unspecified atom stereocenters. The van der Waals surface area contributed by atoms with E-state index < -0.39 is 5.97 Å². The first-order valence-corrected chi connectivity index (χ1v) is 6.95. The van der Waals surface area contributed by atoms with Gasteiger partial charge in [0.15, 0.2) is 0 Å². The Hall–Kier alpha value is -1.26. The van der Waals surface area contributed by atoms with Crippen molar-refractivity contribution >= 4 is 12.0 Å². The van der Waals surface area contributed by atoms with Crippen LogP contribution in [0.4, 0.5) is 4.79 Å². The molecule has 2 rings (SSSR count). The van der Waals surface area contributed by atoms with Crippen LogP contribution in [0.1, 0.15) is 44.9 Å². The first kappa shape index (κ1) is 13.2. The van der Waals surface area contributed by atoms with Gasteiger partial charge >= 0.3 is 12.0 Å². The van der Waals surface area contributed by atoms with Crippen LogP contribution >= 0.6 is 0 Å². The lowest BCUT2D eigenvalue weighted by Crippen LogP contribution is -2.48. The summed E-state index contributed by atoms with van der Waals surface area (Å²) in [5.41, 5.74) is 0. The summed E-state index contributed by atoms with van der Waals surface area (Å²) >= 11 is 0. The van der Waals surface area contributed by atoms with Crippen molar-refractivity contribution < 1.29 is 14.7 Å². The molecule has 2 fully saturated rings. The van der Waals surface area contributed by atoms with E-state index in [2.05, 4.69) is 5.32 Å². The maximum atomic E-state index is 12.0. The molecular formula is C13H22N2O3. The molecule has 2 N–H and O–H groups in total. The smallest absolute Gasteiger partial charge is 0.317 e. The standard InChI is InChI=1S/C13H22N2O3/c16-12(17)10-5-4-6-11(9-10)14-13(18)15-7-2-1-3-8-15/h10-11H,1-9H2,(H,14,18)(H,16,17). The van der Waals surface area contributed by atoms with Crippen LogP contribution in [0.3, 0.4) is 0 Å². The van der Waals surface area contributed by atoms with Crippen LogP contribution in [0.5, 0.6) is 0 Å². The number of likely N-dealkylation sites (tertiary alicyclic amines) is 1. The van der Waals surface area contributed by atoms with E-state index in [0.29, 0.717) is 6.42 Å². The highest BCUT2D eigenvalue weighted by Crippen LogP contribution is 2.24. The number of nitrogens with one attached hydrogen (secondary N) is 1. The average molecular weight is 254 g/mol. The summed E-state index contributed by atoms with van der Waals surface area (Å²) in [5, 5.41) is 12.0. The van der Waals surface area contributed by atoms with Crippen LogP contribution in [-0.2, 0) is 4.79 Å². The largest absolute Gasteiger partial charge is 0.481 e. The Morgan fingerprint density at radius 2 is 1.78 bits per heavy atom. The van der Waals surface area contributed by atoms with Gasteiger partial charge in [0.1, 0.15) is 0 Å². The van der Waals surface area contributed by atoms with Gasteiger partial charge in [0.25, 0.3) is 0 Å². The second kappa shape index (κ2) is 6.07. The number of amides is 2. The molecule has 2 aliphatic rings. The third-order valence-electron chi connectivity index (χ3n) is 3.99. The molecular weight excluding hydrogens is 232 g/mol. The van der Waals surface area contributed by atoms with Crippen molar-refractivity contribution in [1.82, 2.24) is 10.2 Å². The predicted octanol–water partition coefficient (Wildman–Crippen LogP) is 1.83. The minimum absolute atomic E-state index is 0.00858. The number of carbonyl (C=O) groups is 2. The molecule has 2 amide bonds. The van der Waals surface area contributed by atoms with Gasteiger partial charge in [-0.2, -0.15) is 0 Å². The summed E-state index contributed by atoms with van der Waals surface area (Å²) in [7, 11) is 0. The van der Waals surface area contributed by atoms with E-state index in [0.717, 1.165) is 45.2 Å². The second-order valence-corrected chi connectivity index (χ2v) is 5.40. The van der Waals surface area contributed by atoms with E-state index in [1.165, 1.54) is 6.42 Å². The molecule has 0 spiro atoms. The molecule has 0 radical (unpaired) electrons. The summed E-state index contributed by atoms with van der Waals surface area (Å²) in [6, 6.07) is 0.0278. The summed E-state index contributed by atoms with van der Waals surface area (Å²) < 4.78 is 0. The molecule has 1 aliphatic heterocycles. The summed E-state index contributed by atoms with van der Waals surface area (Å²) in [6.07, 6.45) is 6.48. The van der Waals surface area contributed by atoms with Crippen LogP contribution in [0.25, 0.3) is 0 Å². The van der Waals surface area contributed by atoms with Crippen molar-refractivity contribution in [2.75, 3.05) is 13.1 Å². The van der Waals surface area contributed by atoms with Crippen molar-refractivity contribution in [2.24, 2.45) is 5.92 Å². The zero-order valence-corrected chi connectivity index (χ0v) is 10.7. The van der Waals surface area contributed by atoms with Crippen LogP contribution < -0.4 is 5.32 Å². The molecule has 0 aromatic carbocycles. The second-order valence-electron chi connectivity index (χ2n) is 5.40. The Morgan fingerprint density at radius 3 is 2.44 bits per heavy atom. The number of carboxylic acids is 1. The van der Waals surface area contributed by atoms with Gasteiger partial charge in [0, 0.05) is 19.1 Å². The topological polar surface area (TPSA) is 69.6 Å². The number of piperidine rings is 1. The van der Waals surface area contributed by atoms with Crippen LogP contribution in [0.2, 0.25) is 0 Å². The van der Waals surface area contributed by atoms with Gasteiger partial charge in [-0.05, 0) is 38.5 Å². The SMILES string of the molecule is O=C(O)C1CCCC(NC(=O)N2CCCCC2)C1. The molecule has 18 heavy (non-hydrogen) atoms. The fourth-order valence-electron chi connectivity index (χ4n) is 2.91. The number of aliphatic carboxylic acids is 1. The molecule has 1 saturated heterocycles. The molecule has 5 nitrogen and oxygen atoms in total. The van der Waals surface area contributed by atoms with Crippen LogP contribution in [0, 0.1) is 5.92 Å². The molecule has 0 aromatic rings.